The smallest absolute Gasteiger partial charge is 0.191 e. The molecule has 0 fully saturated rings. The van der Waals surface area contributed by atoms with Crippen LogP contribution < -0.4 is 10.6 Å². The van der Waals surface area contributed by atoms with E-state index in [0.717, 1.165) is 11.6 Å². The van der Waals surface area contributed by atoms with Crippen molar-refractivity contribution in [2.75, 3.05) is 19.3 Å². The van der Waals surface area contributed by atoms with Crippen LogP contribution in [0.2, 0.25) is 10.0 Å². The number of benzene rings is 2. The van der Waals surface area contributed by atoms with Crippen molar-refractivity contribution in [3.63, 3.8) is 0 Å². The lowest BCUT2D eigenvalue weighted by Crippen LogP contribution is -2.40. The average Bonchev–Trinajstić information content (AvgIpc) is 2.63. The summed E-state index contributed by atoms with van der Waals surface area (Å²) >= 11 is 11.9. The summed E-state index contributed by atoms with van der Waals surface area (Å²) in [5.41, 5.74) is 0.895. The number of hydrogen-bond acceptors (Lipinski definition) is 3. The van der Waals surface area contributed by atoms with Gasteiger partial charge in [0, 0.05) is 13.6 Å². The topological polar surface area (TPSA) is 70.6 Å². The fraction of sp³-hybridized carbons (Fsp3) is 0.278. The Hall–Kier alpha value is -1.10. The van der Waals surface area contributed by atoms with Gasteiger partial charge in [-0.05, 0) is 36.8 Å². The molecule has 2 aromatic rings. The molecule has 28 heavy (non-hydrogen) atoms. The van der Waals surface area contributed by atoms with Crippen LogP contribution in [0.15, 0.2) is 52.4 Å². The molecule has 2 aromatic carbocycles. The van der Waals surface area contributed by atoms with Crippen molar-refractivity contribution >= 4 is 63.0 Å². The first-order valence-electron chi connectivity index (χ1n) is 8.14. The highest BCUT2D eigenvalue weighted by molar-refractivity contribution is 14.0. The number of aliphatic imine (C=N–C) groups is 1. The van der Waals surface area contributed by atoms with E-state index in [9.17, 15) is 12.8 Å². The summed E-state index contributed by atoms with van der Waals surface area (Å²) in [6.45, 7) is 1.98. The molecule has 0 aliphatic rings. The van der Waals surface area contributed by atoms with Crippen LogP contribution in [0.3, 0.4) is 0 Å². The molecule has 1 atom stereocenters. The molecule has 1 unspecified atom stereocenters. The third-order valence-corrected chi connectivity index (χ3v) is 6.34. The van der Waals surface area contributed by atoms with Crippen molar-refractivity contribution in [3.05, 3.63) is 63.9 Å². The largest absolute Gasteiger partial charge is 0.355 e. The van der Waals surface area contributed by atoms with E-state index in [4.69, 9.17) is 23.2 Å². The molecular weight excluding hydrogens is 539 g/mol. The van der Waals surface area contributed by atoms with Crippen LogP contribution >= 0.6 is 47.2 Å². The number of guanidine groups is 1. The summed E-state index contributed by atoms with van der Waals surface area (Å²) in [5, 5.41) is 6.97. The van der Waals surface area contributed by atoms with Gasteiger partial charge in [0.15, 0.2) is 15.8 Å². The van der Waals surface area contributed by atoms with Crippen LogP contribution in [-0.4, -0.2) is 33.7 Å². The second-order valence-corrected chi connectivity index (χ2v) is 8.68. The highest BCUT2D eigenvalue weighted by Crippen LogP contribution is 2.25. The molecule has 0 bridgehead atoms. The zero-order valence-corrected chi connectivity index (χ0v) is 19.9. The van der Waals surface area contributed by atoms with E-state index in [2.05, 4.69) is 15.6 Å². The Morgan fingerprint density at radius 3 is 2.46 bits per heavy atom. The second kappa shape index (κ2) is 11.2. The third-order valence-electron chi connectivity index (χ3n) is 3.86. The van der Waals surface area contributed by atoms with Crippen LogP contribution in [0.1, 0.15) is 18.5 Å². The standard InChI is InChI=1S/C18H20Cl2FN3O2S.HI/c1-12(13-7-8-14(19)15(20)11-13)24-18(22-2)23-9-10-27(25,26)17-6-4-3-5-16(17)21;/h3-8,11-12H,9-10H2,1-2H3,(H2,22,23,24);1H. The zero-order chi connectivity index (χ0) is 20.0. The number of hydrogen-bond donors (Lipinski definition) is 2. The lowest BCUT2D eigenvalue weighted by Gasteiger charge is -2.18. The summed E-state index contributed by atoms with van der Waals surface area (Å²) in [7, 11) is -2.17. The number of sulfone groups is 1. The van der Waals surface area contributed by atoms with Gasteiger partial charge in [0.1, 0.15) is 10.7 Å². The fourth-order valence-corrected chi connectivity index (χ4v) is 3.92. The van der Waals surface area contributed by atoms with E-state index in [0.29, 0.717) is 16.0 Å². The van der Waals surface area contributed by atoms with Crippen LogP contribution in [0.5, 0.6) is 0 Å². The first-order valence-corrected chi connectivity index (χ1v) is 10.5. The predicted octanol–water partition coefficient (Wildman–Crippen LogP) is 4.45. The van der Waals surface area contributed by atoms with Gasteiger partial charge in [-0.15, -0.1) is 24.0 Å². The van der Waals surface area contributed by atoms with E-state index in [1.165, 1.54) is 18.2 Å². The van der Waals surface area contributed by atoms with Crippen molar-refractivity contribution in [1.29, 1.82) is 0 Å². The van der Waals surface area contributed by atoms with Crippen LogP contribution in [0, 0.1) is 5.82 Å². The Kier molecular flexibility index (Phi) is 9.96. The van der Waals surface area contributed by atoms with Crippen molar-refractivity contribution in [3.8, 4) is 0 Å². The van der Waals surface area contributed by atoms with E-state index in [-0.39, 0.29) is 47.2 Å². The van der Waals surface area contributed by atoms with Crippen molar-refractivity contribution in [1.82, 2.24) is 10.6 Å². The number of nitrogens with one attached hydrogen (secondary N) is 2. The molecule has 0 heterocycles. The van der Waals surface area contributed by atoms with E-state index >= 15 is 0 Å². The minimum Gasteiger partial charge on any atom is -0.355 e. The van der Waals surface area contributed by atoms with E-state index < -0.39 is 15.7 Å². The van der Waals surface area contributed by atoms with Gasteiger partial charge >= 0.3 is 0 Å². The molecule has 0 aromatic heterocycles. The van der Waals surface area contributed by atoms with Crippen LogP contribution in [0.4, 0.5) is 4.39 Å². The average molecular weight is 560 g/mol. The second-order valence-electron chi connectivity index (χ2n) is 5.79. The fourth-order valence-electron chi connectivity index (χ4n) is 2.38. The zero-order valence-electron chi connectivity index (χ0n) is 15.2. The van der Waals surface area contributed by atoms with E-state index in [1.807, 2.05) is 13.0 Å². The minimum atomic E-state index is -3.74. The summed E-state index contributed by atoms with van der Waals surface area (Å²) < 4.78 is 38.2. The molecule has 0 saturated carbocycles. The molecule has 2 rings (SSSR count). The summed E-state index contributed by atoms with van der Waals surface area (Å²) in [5.74, 6) is -0.610. The summed E-state index contributed by atoms with van der Waals surface area (Å²) in [6.07, 6.45) is 0. The molecular formula is C18H21Cl2FIN3O2S. The number of rotatable bonds is 6. The van der Waals surface area contributed by atoms with Gasteiger partial charge in [0.05, 0.1) is 21.8 Å². The molecule has 2 N–H and O–H groups in total. The maximum absolute atomic E-state index is 13.7. The SMILES string of the molecule is CN=C(NCCS(=O)(=O)c1ccccc1F)NC(C)c1ccc(Cl)c(Cl)c1.I. The Bertz CT molecular complexity index is 942. The maximum Gasteiger partial charge on any atom is 0.191 e. The highest BCUT2D eigenvalue weighted by Gasteiger charge is 2.18. The number of nitrogens with zero attached hydrogens (tertiary/aromatic N) is 1. The van der Waals surface area contributed by atoms with Gasteiger partial charge in [-0.3, -0.25) is 4.99 Å². The third kappa shape index (κ3) is 6.75. The predicted molar refractivity (Wildman–Crippen MR) is 123 cm³/mol. The summed E-state index contributed by atoms with van der Waals surface area (Å²) in [6, 6.07) is 10.5. The molecule has 154 valence electrons. The molecule has 0 saturated heterocycles. The van der Waals surface area contributed by atoms with Gasteiger partial charge in [-0.25, -0.2) is 12.8 Å². The minimum absolute atomic E-state index is 0. The van der Waals surface area contributed by atoms with E-state index in [1.54, 1.807) is 19.2 Å². The Morgan fingerprint density at radius 2 is 1.86 bits per heavy atom. The summed E-state index contributed by atoms with van der Waals surface area (Å²) in [4.78, 5) is 3.76. The molecule has 0 spiro atoms. The van der Waals surface area contributed by atoms with Crippen LogP contribution in [-0.2, 0) is 9.84 Å². The Balaban J connectivity index is 0.00000392. The van der Waals surface area contributed by atoms with Gasteiger partial charge in [-0.2, -0.15) is 0 Å². The monoisotopic (exact) mass is 559 g/mol. The lowest BCUT2D eigenvalue weighted by atomic mass is 10.1. The van der Waals surface area contributed by atoms with Gasteiger partial charge in [-0.1, -0.05) is 41.4 Å². The Labute approximate surface area is 191 Å². The van der Waals surface area contributed by atoms with Crippen molar-refractivity contribution < 1.29 is 12.8 Å². The highest BCUT2D eigenvalue weighted by atomic mass is 127. The molecule has 10 heteroatoms. The number of halogens is 4. The Morgan fingerprint density at radius 1 is 1.18 bits per heavy atom. The maximum atomic E-state index is 13.7. The van der Waals surface area contributed by atoms with Gasteiger partial charge < -0.3 is 10.6 Å². The quantitative estimate of drug-likeness (QED) is 0.312. The molecule has 0 aliphatic heterocycles. The normalized spacial score (nSPS) is 12.8. The van der Waals surface area contributed by atoms with Crippen molar-refractivity contribution in [2.24, 2.45) is 4.99 Å². The first-order chi connectivity index (χ1) is 12.7. The molecule has 0 aliphatic carbocycles. The molecule has 5 nitrogen and oxygen atoms in total. The molecule has 0 radical (unpaired) electrons. The van der Waals surface area contributed by atoms with Crippen LogP contribution in [0.25, 0.3) is 0 Å². The first kappa shape index (κ1) is 24.9. The lowest BCUT2D eigenvalue weighted by molar-refractivity contribution is 0.566. The van der Waals surface area contributed by atoms with Crippen molar-refractivity contribution in [2.45, 2.75) is 17.9 Å². The van der Waals surface area contributed by atoms with Gasteiger partial charge in [0.25, 0.3) is 0 Å². The van der Waals surface area contributed by atoms with Gasteiger partial charge in [0.2, 0.25) is 0 Å². The molecule has 0 amide bonds.